The molecule has 29 heavy (non-hydrogen) atoms. The second kappa shape index (κ2) is 10.9. The van der Waals surface area contributed by atoms with Gasteiger partial charge in [-0.25, -0.2) is 4.39 Å². The minimum Gasteiger partial charge on any atom is -0.379 e. The van der Waals surface area contributed by atoms with Crippen LogP contribution in [-0.4, -0.2) is 80.8 Å². The summed E-state index contributed by atoms with van der Waals surface area (Å²) in [5.74, 6) is 0.634. The van der Waals surface area contributed by atoms with Crippen molar-refractivity contribution < 1.29 is 9.13 Å². The summed E-state index contributed by atoms with van der Waals surface area (Å²) in [7, 11) is 2.20. The molecule has 2 atom stereocenters. The van der Waals surface area contributed by atoms with E-state index in [0.29, 0.717) is 12.6 Å². The van der Waals surface area contributed by atoms with Crippen molar-refractivity contribution in [1.82, 2.24) is 20.4 Å². The minimum atomic E-state index is -0.203. The maximum atomic E-state index is 13.4. The lowest BCUT2D eigenvalue weighted by Gasteiger charge is -2.35. The summed E-state index contributed by atoms with van der Waals surface area (Å²) >= 11 is 0. The van der Waals surface area contributed by atoms with Crippen LogP contribution in [0.2, 0.25) is 0 Å². The number of likely N-dealkylation sites (N-methyl/N-ethyl adjacent to an activating group) is 1. The third-order valence-electron chi connectivity index (χ3n) is 5.88. The maximum Gasteiger partial charge on any atom is 0.191 e. The molecule has 0 radical (unpaired) electrons. The summed E-state index contributed by atoms with van der Waals surface area (Å²) in [4.78, 5) is 9.65. The Morgan fingerprint density at radius 1 is 1.24 bits per heavy atom. The van der Waals surface area contributed by atoms with Crippen LogP contribution in [0.4, 0.5) is 4.39 Å². The maximum absolute atomic E-state index is 13.4. The van der Waals surface area contributed by atoms with Crippen molar-refractivity contribution in [3.63, 3.8) is 0 Å². The molecule has 0 spiro atoms. The fourth-order valence-electron chi connectivity index (χ4n) is 3.76. The third-order valence-corrected chi connectivity index (χ3v) is 5.88. The normalized spacial score (nSPS) is 20.5. The van der Waals surface area contributed by atoms with E-state index < -0.39 is 0 Å². The topological polar surface area (TPSA) is 52.1 Å². The predicted octanol–water partition coefficient (Wildman–Crippen LogP) is 2.24. The Morgan fingerprint density at radius 3 is 2.55 bits per heavy atom. The molecular formula is C22H36FN5O. The van der Waals surface area contributed by atoms with Gasteiger partial charge < -0.3 is 15.4 Å². The van der Waals surface area contributed by atoms with Crippen molar-refractivity contribution in [2.24, 2.45) is 4.99 Å². The molecule has 0 bridgehead atoms. The SMILES string of the molecule is CCNC(=NCC(C)N(C)C1CC1)NCC(c1ccc(F)cc1)N1CCOCC1. The van der Waals surface area contributed by atoms with Crippen molar-refractivity contribution in [2.45, 2.75) is 44.8 Å². The van der Waals surface area contributed by atoms with E-state index in [4.69, 9.17) is 9.73 Å². The van der Waals surface area contributed by atoms with Gasteiger partial charge in [-0.05, 0) is 51.4 Å². The molecule has 0 aromatic heterocycles. The first-order valence-corrected chi connectivity index (χ1v) is 10.9. The molecule has 6 nitrogen and oxygen atoms in total. The Morgan fingerprint density at radius 2 is 1.93 bits per heavy atom. The summed E-state index contributed by atoms with van der Waals surface area (Å²) < 4.78 is 18.9. The van der Waals surface area contributed by atoms with Gasteiger partial charge in [0, 0.05) is 38.3 Å². The molecule has 1 aliphatic carbocycles. The van der Waals surface area contributed by atoms with E-state index in [1.165, 1.54) is 25.0 Å². The van der Waals surface area contributed by atoms with Crippen LogP contribution in [0.15, 0.2) is 29.3 Å². The number of ether oxygens (including phenoxy) is 1. The molecule has 1 aromatic rings. The number of guanidine groups is 1. The molecule has 1 heterocycles. The summed E-state index contributed by atoms with van der Waals surface area (Å²) in [5, 5.41) is 6.87. The molecule has 1 aromatic carbocycles. The van der Waals surface area contributed by atoms with E-state index >= 15 is 0 Å². The van der Waals surface area contributed by atoms with E-state index in [1.54, 1.807) is 0 Å². The highest BCUT2D eigenvalue weighted by molar-refractivity contribution is 5.79. The molecule has 1 saturated carbocycles. The average Bonchev–Trinajstić information content (AvgIpc) is 3.58. The molecule has 162 valence electrons. The number of morpholine rings is 1. The van der Waals surface area contributed by atoms with E-state index in [1.807, 2.05) is 12.1 Å². The van der Waals surface area contributed by atoms with Gasteiger partial charge in [0.25, 0.3) is 0 Å². The molecule has 1 saturated heterocycles. The first kappa shape index (κ1) is 22.0. The highest BCUT2D eigenvalue weighted by Crippen LogP contribution is 2.27. The van der Waals surface area contributed by atoms with Crippen LogP contribution in [0.5, 0.6) is 0 Å². The zero-order chi connectivity index (χ0) is 20.6. The van der Waals surface area contributed by atoms with Crippen LogP contribution in [0.25, 0.3) is 0 Å². The highest BCUT2D eigenvalue weighted by Gasteiger charge is 2.29. The van der Waals surface area contributed by atoms with Gasteiger partial charge in [0.15, 0.2) is 5.96 Å². The van der Waals surface area contributed by atoms with Gasteiger partial charge in [0.2, 0.25) is 0 Å². The lowest BCUT2D eigenvalue weighted by atomic mass is 10.0. The monoisotopic (exact) mass is 405 g/mol. The second-order valence-electron chi connectivity index (χ2n) is 8.06. The van der Waals surface area contributed by atoms with E-state index in [9.17, 15) is 4.39 Å². The summed E-state index contributed by atoms with van der Waals surface area (Å²) in [6.45, 7) is 9.83. The molecular weight excluding hydrogens is 369 g/mol. The van der Waals surface area contributed by atoms with Crippen LogP contribution >= 0.6 is 0 Å². The summed E-state index contributed by atoms with van der Waals surface area (Å²) in [6, 6.07) is 8.15. The standard InChI is InChI=1S/C22H36FN5O/c1-4-24-22(25-15-17(2)27(3)20-9-10-20)26-16-21(28-11-13-29-14-12-28)18-5-7-19(23)8-6-18/h5-8,17,20-21H,4,9-16H2,1-3H3,(H2,24,25,26). The Kier molecular flexibility index (Phi) is 8.27. The smallest absolute Gasteiger partial charge is 0.191 e. The fourth-order valence-corrected chi connectivity index (χ4v) is 3.76. The predicted molar refractivity (Wildman–Crippen MR) is 116 cm³/mol. The van der Waals surface area contributed by atoms with Crippen molar-refractivity contribution in [3.8, 4) is 0 Å². The van der Waals surface area contributed by atoms with Crippen molar-refractivity contribution >= 4 is 5.96 Å². The Labute approximate surface area is 174 Å². The molecule has 7 heteroatoms. The van der Waals surface area contributed by atoms with E-state index in [0.717, 1.165) is 57.0 Å². The molecule has 2 fully saturated rings. The summed E-state index contributed by atoms with van der Waals surface area (Å²) in [6.07, 6.45) is 2.61. The molecule has 3 rings (SSSR count). The molecule has 2 unspecified atom stereocenters. The van der Waals surface area contributed by atoms with E-state index in [2.05, 4.69) is 41.3 Å². The largest absolute Gasteiger partial charge is 0.379 e. The van der Waals surface area contributed by atoms with Gasteiger partial charge in [-0.3, -0.25) is 14.8 Å². The highest BCUT2D eigenvalue weighted by atomic mass is 19.1. The fraction of sp³-hybridized carbons (Fsp3) is 0.682. The second-order valence-corrected chi connectivity index (χ2v) is 8.06. The number of benzene rings is 1. The summed E-state index contributed by atoms with van der Waals surface area (Å²) in [5.41, 5.74) is 1.11. The van der Waals surface area contributed by atoms with Crippen LogP contribution in [0, 0.1) is 5.82 Å². The zero-order valence-corrected chi connectivity index (χ0v) is 18.0. The third kappa shape index (κ3) is 6.66. The van der Waals surface area contributed by atoms with Crippen molar-refractivity contribution in [3.05, 3.63) is 35.6 Å². The van der Waals surface area contributed by atoms with Gasteiger partial charge in [0.1, 0.15) is 5.82 Å². The Hall–Kier alpha value is -1.70. The number of hydrogen-bond acceptors (Lipinski definition) is 4. The quantitative estimate of drug-likeness (QED) is 0.488. The first-order valence-electron chi connectivity index (χ1n) is 10.9. The van der Waals surface area contributed by atoms with Gasteiger partial charge >= 0.3 is 0 Å². The Bertz CT molecular complexity index is 643. The average molecular weight is 406 g/mol. The lowest BCUT2D eigenvalue weighted by molar-refractivity contribution is 0.0170. The zero-order valence-electron chi connectivity index (χ0n) is 18.0. The van der Waals surface area contributed by atoms with Gasteiger partial charge in [-0.1, -0.05) is 12.1 Å². The number of aliphatic imine (C=N–C) groups is 1. The van der Waals surface area contributed by atoms with Gasteiger partial charge in [-0.15, -0.1) is 0 Å². The molecule has 2 aliphatic rings. The lowest BCUT2D eigenvalue weighted by Crippen LogP contribution is -2.46. The number of nitrogens with zero attached hydrogens (tertiary/aromatic N) is 3. The van der Waals surface area contributed by atoms with Crippen LogP contribution in [-0.2, 0) is 4.74 Å². The van der Waals surface area contributed by atoms with Crippen LogP contribution in [0.1, 0.15) is 38.3 Å². The number of halogens is 1. The minimum absolute atomic E-state index is 0.148. The molecule has 2 N–H and O–H groups in total. The Balaban J connectivity index is 1.64. The van der Waals surface area contributed by atoms with Gasteiger partial charge in [0.05, 0.1) is 25.8 Å². The number of nitrogens with one attached hydrogen (secondary N) is 2. The molecule has 0 amide bonds. The number of hydrogen-bond donors (Lipinski definition) is 2. The van der Waals surface area contributed by atoms with Crippen LogP contribution < -0.4 is 10.6 Å². The number of rotatable bonds is 9. The van der Waals surface area contributed by atoms with Crippen molar-refractivity contribution in [2.75, 3.05) is 53.0 Å². The van der Waals surface area contributed by atoms with Crippen molar-refractivity contribution in [1.29, 1.82) is 0 Å². The molecule has 1 aliphatic heterocycles. The van der Waals surface area contributed by atoms with E-state index in [-0.39, 0.29) is 11.9 Å². The van der Waals surface area contributed by atoms with Gasteiger partial charge in [-0.2, -0.15) is 0 Å². The van der Waals surface area contributed by atoms with Crippen LogP contribution in [0.3, 0.4) is 0 Å². The first-order chi connectivity index (χ1) is 14.1.